The second-order valence-electron chi connectivity index (χ2n) is 6.58. The third-order valence-corrected chi connectivity index (χ3v) is 3.27. The normalized spacial score (nSPS) is 12.3. The van der Waals surface area contributed by atoms with Crippen LogP contribution in [0.15, 0.2) is 30.3 Å². The largest absolute Gasteiger partial charge is 0.389 e. The Morgan fingerprint density at radius 3 is 2.45 bits per heavy atom. The molecule has 2 aromatic rings. The van der Waals surface area contributed by atoms with Crippen molar-refractivity contribution in [1.29, 1.82) is 0 Å². The maximum absolute atomic E-state index is 10.2. The second kappa shape index (κ2) is 6.98. The van der Waals surface area contributed by atoms with Crippen LogP contribution in [0, 0.1) is 0 Å². The van der Waals surface area contributed by atoms with Crippen molar-refractivity contribution in [2.75, 3.05) is 6.54 Å². The Hall–Kier alpha value is -1.79. The molecule has 6 nitrogen and oxygen atoms in total. The van der Waals surface area contributed by atoms with Crippen LogP contribution in [0.3, 0.4) is 0 Å². The van der Waals surface area contributed by atoms with Gasteiger partial charge in [-0.05, 0) is 43.7 Å². The maximum atomic E-state index is 10.2. The van der Waals surface area contributed by atoms with Gasteiger partial charge in [0.25, 0.3) is 0 Å². The van der Waals surface area contributed by atoms with Crippen LogP contribution in [0.25, 0.3) is 0 Å². The van der Waals surface area contributed by atoms with Gasteiger partial charge in [0.2, 0.25) is 0 Å². The second-order valence-corrected chi connectivity index (χ2v) is 6.58. The van der Waals surface area contributed by atoms with Crippen LogP contribution in [0.2, 0.25) is 0 Å². The number of aromatic nitrogens is 4. The number of hydrogen-bond donors (Lipinski definition) is 1. The van der Waals surface area contributed by atoms with Crippen LogP contribution >= 0.6 is 0 Å². The molecule has 0 aliphatic rings. The van der Waals surface area contributed by atoms with E-state index in [1.54, 1.807) is 0 Å². The highest BCUT2D eigenvalue weighted by Gasteiger charge is 2.21. The molecule has 22 heavy (non-hydrogen) atoms. The highest BCUT2D eigenvalue weighted by Crippen LogP contribution is 2.14. The zero-order chi connectivity index (χ0) is 16.2. The van der Waals surface area contributed by atoms with Crippen LogP contribution in [0.4, 0.5) is 0 Å². The Bertz CT molecular complexity index is 574. The predicted octanol–water partition coefficient (Wildman–Crippen LogP) is 2.03. The monoisotopic (exact) mass is 303 g/mol. The Kier molecular flexibility index (Phi) is 5.26. The smallest absolute Gasteiger partial charge is 0.165 e. The topological polar surface area (TPSA) is 67.1 Å². The van der Waals surface area contributed by atoms with E-state index in [1.165, 1.54) is 5.56 Å². The van der Waals surface area contributed by atoms with E-state index in [4.69, 9.17) is 0 Å². The summed E-state index contributed by atoms with van der Waals surface area (Å²) >= 11 is 0. The lowest BCUT2D eigenvalue weighted by Crippen LogP contribution is -2.38. The average molecular weight is 303 g/mol. The minimum atomic E-state index is -0.773. The Balaban J connectivity index is 2.15. The van der Waals surface area contributed by atoms with Gasteiger partial charge in [-0.2, -0.15) is 0 Å². The number of benzene rings is 1. The van der Waals surface area contributed by atoms with Gasteiger partial charge in [-0.15, -0.1) is 5.10 Å². The molecule has 0 saturated carbocycles. The lowest BCUT2D eigenvalue weighted by atomic mass is 10.1. The fourth-order valence-electron chi connectivity index (χ4n) is 2.47. The Labute approximate surface area is 131 Å². The molecule has 1 aromatic carbocycles. The van der Waals surface area contributed by atoms with E-state index in [9.17, 15) is 5.11 Å². The first-order valence-corrected chi connectivity index (χ1v) is 7.60. The lowest BCUT2D eigenvalue weighted by Gasteiger charge is -2.28. The van der Waals surface area contributed by atoms with Gasteiger partial charge in [0, 0.05) is 13.1 Å². The molecule has 2 rings (SSSR count). The minimum Gasteiger partial charge on any atom is -0.389 e. The summed E-state index contributed by atoms with van der Waals surface area (Å²) < 4.78 is 1.82. The molecule has 1 N–H and O–H groups in total. The predicted molar refractivity (Wildman–Crippen MR) is 85.1 cm³/mol. The van der Waals surface area contributed by atoms with Crippen molar-refractivity contribution in [1.82, 2.24) is 25.1 Å². The first-order chi connectivity index (χ1) is 10.3. The van der Waals surface area contributed by atoms with Gasteiger partial charge in [-0.3, -0.25) is 4.90 Å². The van der Waals surface area contributed by atoms with E-state index in [2.05, 4.69) is 46.4 Å². The van der Waals surface area contributed by atoms with E-state index in [0.717, 1.165) is 12.4 Å². The van der Waals surface area contributed by atoms with E-state index >= 15 is 0 Å². The molecule has 0 radical (unpaired) electrons. The molecule has 0 atom stereocenters. The summed E-state index contributed by atoms with van der Waals surface area (Å²) in [5.74, 6) is 0.815. The van der Waals surface area contributed by atoms with Gasteiger partial charge in [-0.25, -0.2) is 4.68 Å². The summed E-state index contributed by atoms with van der Waals surface area (Å²) in [7, 11) is 0. The quantitative estimate of drug-likeness (QED) is 0.847. The van der Waals surface area contributed by atoms with E-state index < -0.39 is 5.60 Å². The van der Waals surface area contributed by atoms with Crippen molar-refractivity contribution < 1.29 is 5.11 Å². The molecule has 0 saturated heterocycles. The number of tetrazole rings is 1. The summed E-state index contributed by atoms with van der Waals surface area (Å²) in [4.78, 5) is 2.17. The van der Waals surface area contributed by atoms with Gasteiger partial charge < -0.3 is 5.11 Å². The molecule has 120 valence electrons. The van der Waals surface area contributed by atoms with Crippen LogP contribution in [0.5, 0.6) is 0 Å². The molecule has 6 heteroatoms. The minimum absolute atomic E-state index is 0.214. The van der Waals surface area contributed by atoms with Gasteiger partial charge in [0.1, 0.15) is 0 Å². The summed E-state index contributed by atoms with van der Waals surface area (Å²) in [6.07, 6.45) is 0. The van der Waals surface area contributed by atoms with E-state index in [1.807, 2.05) is 36.7 Å². The molecule has 0 spiro atoms. The van der Waals surface area contributed by atoms with Crippen molar-refractivity contribution in [3.8, 4) is 0 Å². The number of nitrogens with zero attached hydrogens (tertiary/aromatic N) is 5. The summed E-state index contributed by atoms with van der Waals surface area (Å²) in [6.45, 7) is 9.63. The molecule has 0 aliphatic carbocycles. The van der Waals surface area contributed by atoms with Crippen LogP contribution in [-0.2, 0) is 13.1 Å². The van der Waals surface area contributed by atoms with Crippen LogP contribution in [0.1, 0.15) is 45.1 Å². The molecule has 0 fully saturated rings. The van der Waals surface area contributed by atoms with E-state index in [-0.39, 0.29) is 6.04 Å². The Morgan fingerprint density at radius 1 is 1.18 bits per heavy atom. The third-order valence-electron chi connectivity index (χ3n) is 3.27. The first-order valence-electron chi connectivity index (χ1n) is 7.60. The Morgan fingerprint density at radius 2 is 1.86 bits per heavy atom. The number of aliphatic hydroxyl groups is 1. The zero-order valence-corrected chi connectivity index (χ0v) is 13.8. The van der Waals surface area contributed by atoms with Crippen LogP contribution in [-0.4, -0.2) is 42.4 Å². The molecule has 0 bridgehead atoms. The summed E-state index contributed by atoms with van der Waals surface area (Å²) in [6, 6.07) is 10.4. The molecule has 1 aromatic heterocycles. The zero-order valence-electron chi connectivity index (χ0n) is 13.8. The van der Waals surface area contributed by atoms with E-state index in [0.29, 0.717) is 13.1 Å². The standard InChI is InChI=1S/C16H25N5O/c1-13(2)21-15(17-18-19-21)11-20(12-16(3,4)22)10-14-8-6-5-7-9-14/h5-9,13,22H,10-12H2,1-4H3. The highest BCUT2D eigenvalue weighted by atomic mass is 16.3. The summed E-state index contributed by atoms with van der Waals surface area (Å²) in [5, 5.41) is 22.1. The molecule has 1 heterocycles. The van der Waals surface area contributed by atoms with Gasteiger partial charge in [0.05, 0.1) is 18.2 Å². The van der Waals surface area contributed by atoms with Gasteiger partial charge >= 0.3 is 0 Å². The van der Waals surface area contributed by atoms with Gasteiger partial charge in [-0.1, -0.05) is 30.3 Å². The first kappa shape index (κ1) is 16.6. The fraction of sp³-hybridized carbons (Fsp3) is 0.562. The molecule has 0 amide bonds. The van der Waals surface area contributed by atoms with Crippen molar-refractivity contribution in [2.45, 2.75) is 52.4 Å². The molecular formula is C16H25N5O. The average Bonchev–Trinajstić information content (AvgIpc) is 2.86. The van der Waals surface area contributed by atoms with Crippen LogP contribution < -0.4 is 0 Å². The highest BCUT2D eigenvalue weighted by molar-refractivity contribution is 5.14. The lowest BCUT2D eigenvalue weighted by molar-refractivity contribution is 0.0292. The third kappa shape index (κ3) is 4.89. The van der Waals surface area contributed by atoms with Crippen molar-refractivity contribution in [3.63, 3.8) is 0 Å². The maximum Gasteiger partial charge on any atom is 0.165 e. The molecule has 0 aliphatic heterocycles. The molecule has 0 unspecified atom stereocenters. The van der Waals surface area contributed by atoms with Crippen molar-refractivity contribution in [2.24, 2.45) is 0 Å². The number of hydrogen-bond acceptors (Lipinski definition) is 5. The van der Waals surface area contributed by atoms with Crippen molar-refractivity contribution in [3.05, 3.63) is 41.7 Å². The number of rotatable bonds is 7. The molecular weight excluding hydrogens is 278 g/mol. The van der Waals surface area contributed by atoms with Gasteiger partial charge in [0.15, 0.2) is 5.82 Å². The fourth-order valence-corrected chi connectivity index (χ4v) is 2.47. The SMILES string of the molecule is CC(C)n1nnnc1CN(Cc1ccccc1)CC(C)(C)O. The van der Waals surface area contributed by atoms with Crippen molar-refractivity contribution >= 4 is 0 Å². The summed E-state index contributed by atoms with van der Waals surface area (Å²) in [5.41, 5.74) is 0.431.